The van der Waals surface area contributed by atoms with Crippen LogP contribution in [0.2, 0.25) is 5.02 Å². The van der Waals surface area contributed by atoms with Crippen LogP contribution >= 0.6 is 11.6 Å². The number of carbonyl (C=O) groups excluding carboxylic acids is 1. The fourth-order valence-electron chi connectivity index (χ4n) is 2.94. The van der Waals surface area contributed by atoms with Crippen LogP contribution in [0.3, 0.4) is 0 Å². The number of nitrogens with zero attached hydrogens (tertiary/aromatic N) is 5. The molecule has 29 heavy (non-hydrogen) atoms. The predicted octanol–water partition coefficient (Wildman–Crippen LogP) is 3.73. The predicted molar refractivity (Wildman–Crippen MR) is 115 cm³/mol. The molecular weight excluding hydrogens is 388 g/mol. The van der Waals surface area contributed by atoms with Crippen molar-refractivity contribution in [3.63, 3.8) is 0 Å². The summed E-state index contributed by atoms with van der Waals surface area (Å²) in [6, 6.07) is 17.0. The number of rotatable bonds is 10. The maximum atomic E-state index is 12.1. The van der Waals surface area contributed by atoms with E-state index in [2.05, 4.69) is 20.7 Å². The minimum Gasteiger partial charge on any atom is -0.325 e. The van der Waals surface area contributed by atoms with Crippen molar-refractivity contribution in [3.05, 3.63) is 59.6 Å². The van der Waals surface area contributed by atoms with Crippen LogP contribution in [0.25, 0.3) is 11.4 Å². The number of carbonyl (C=O) groups is 1. The molecule has 3 rings (SSSR count). The highest BCUT2D eigenvalue weighted by atomic mass is 35.5. The van der Waals surface area contributed by atoms with Crippen LogP contribution in [0.5, 0.6) is 0 Å². The molecule has 1 aromatic heterocycles. The molecule has 3 aromatic rings. The summed E-state index contributed by atoms with van der Waals surface area (Å²) in [6.45, 7) is 1.93. The molecular formula is C21H25ClN6O. The van der Waals surface area contributed by atoms with Gasteiger partial charge in [-0.15, -0.1) is 10.2 Å². The first-order valence-electron chi connectivity index (χ1n) is 9.67. The average molecular weight is 413 g/mol. The molecule has 2 aromatic carbocycles. The smallest absolute Gasteiger partial charge is 0.238 e. The van der Waals surface area contributed by atoms with E-state index >= 15 is 0 Å². The monoisotopic (exact) mass is 412 g/mol. The van der Waals surface area contributed by atoms with Crippen LogP contribution in [0.1, 0.15) is 19.3 Å². The summed E-state index contributed by atoms with van der Waals surface area (Å²) in [5.41, 5.74) is 1.68. The quantitative estimate of drug-likeness (QED) is 0.513. The van der Waals surface area contributed by atoms with Gasteiger partial charge in [0.2, 0.25) is 11.7 Å². The summed E-state index contributed by atoms with van der Waals surface area (Å²) in [6.07, 6.45) is 3.00. The fraction of sp³-hybridized carbons (Fsp3) is 0.333. The van der Waals surface area contributed by atoms with Crippen molar-refractivity contribution in [1.82, 2.24) is 25.1 Å². The van der Waals surface area contributed by atoms with Gasteiger partial charge in [0.05, 0.1) is 13.1 Å². The van der Waals surface area contributed by atoms with Crippen molar-refractivity contribution in [2.24, 2.45) is 0 Å². The van der Waals surface area contributed by atoms with Crippen LogP contribution in [-0.2, 0) is 11.3 Å². The molecule has 8 heteroatoms. The number of hydrogen-bond acceptors (Lipinski definition) is 5. The molecule has 0 saturated carbocycles. The number of nitrogens with one attached hydrogen (secondary N) is 1. The van der Waals surface area contributed by atoms with E-state index in [-0.39, 0.29) is 5.91 Å². The fourth-order valence-corrected chi connectivity index (χ4v) is 3.13. The molecule has 0 aliphatic rings. The first-order chi connectivity index (χ1) is 14.1. The van der Waals surface area contributed by atoms with Gasteiger partial charge in [0, 0.05) is 16.3 Å². The molecule has 1 heterocycles. The Balaban J connectivity index is 1.31. The zero-order valence-corrected chi connectivity index (χ0v) is 17.2. The highest BCUT2D eigenvalue weighted by Crippen LogP contribution is 2.15. The molecule has 0 saturated heterocycles. The van der Waals surface area contributed by atoms with Gasteiger partial charge in [0.1, 0.15) is 0 Å². The van der Waals surface area contributed by atoms with E-state index in [9.17, 15) is 4.79 Å². The van der Waals surface area contributed by atoms with Crippen LogP contribution in [0.4, 0.5) is 5.69 Å². The molecule has 0 unspecified atom stereocenters. The molecule has 1 N–H and O–H groups in total. The van der Waals surface area contributed by atoms with E-state index < -0.39 is 0 Å². The number of aryl methyl sites for hydroxylation is 1. The molecule has 152 valence electrons. The molecule has 1 amide bonds. The topological polar surface area (TPSA) is 75.9 Å². The Morgan fingerprint density at radius 2 is 1.93 bits per heavy atom. The molecule has 0 aliphatic carbocycles. The second-order valence-electron chi connectivity index (χ2n) is 6.93. The van der Waals surface area contributed by atoms with E-state index in [4.69, 9.17) is 11.6 Å². The molecule has 0 spiro atoms. The van der Waals surface area contributed by atoms with Gasteiger partial charge in [-0.1, -0.05) is 54.4 Å². The van der Waals surface area contributed by atoms with Gasteiger partial charge in [-0.25, -0.2) is 0 Å². The lowest BCUT2D eigenvalue weighted by Gasteiger charge is -2.16. The lowest BCUT2D eigenvalue weighted by Crippen LogP contribution is -2.30. The zero-order chi connectivity index (χ0) is 20.5. The average Bonchev–Trinajstić information content (AvgIpc) is 3.17. The Hall–Kier alpha value is -2.77. The Morgan fingerprint density at radius 3 is 2.72 bits per heavy atom. The standard InChI is InChI=1S/C21H25ClN6O/c1-27(16-20(29)23-19-12-8-11-18(22)15-19)13-6-3-7-14-28-25-21(24-26-28)17-9-4-2-5-10-17/h2,4-5,8-12,15H,3,6-7,13-14,16H2,1H3,(H,23,29). The number of amides is 1. The summed E-state index contributed by atoms with van der Waals surface area (Å²) in [5, 5.41) is 16.1. The first kappa shape index (κ1) is 21.0. The van der Waals surface area contributed by atoms with E-state index in [0.717, 1.165) is 37.9 Å². The molecule has 0 radical (unpaired) electrons. The van der Waals surface area contributed by atoms with Crippen LogP contribution in [-0.4, -0.2) is 51.2 Å². The largest absolute Gasteiger partial charge is 0.325 e. The Kier molecular flexibility index (Phi) is 7.72. The number of unbranched alkanes of at least 4 members (excludes halogenated alkanes) is 2. The van der Waals surface area contributed by atoms with Crippen molar-refractivity contribution in [3.8, 4) is 11.4 Å². The lowest BCUT2D eigenvalue weighted by atomic mass is 10.2. The van der Waals surface area contributed by atoms with Gasteiger partial charge in [-0.05, 0) is 49.8 Å². The third-order valence-electron chi connectivity index (χ3n) is 4.40. The summed E-state index contributed by atoms with van der Waals surface area (Å²) in [7, 11) is 1.95. The van der Waals surface area contributed by atoms with Crippen LogP contribution in [0.15, 0.2) is 54.6 Å². The van der Waals surface area contributed by atoms with Crippen molar-refractivity contribution < 1.29 is 4.79 Å². The van der Waals surface area contributed by atoms with Crippen molar-refractivity contribution >= 4 is 23.2 Å². The normalized spacial score (nSPS) is 11.0. The molecule has 0 bridgehead atoms. The molecule has 0 fully saturated rings. The molecule has 0 aliphatic heterocycles. The second kappa shape index (κ2) is 10.7. The Bertz CT molecular complexity index is 914. The molecule has 0 atom stereocenters. The zero-order valence-electron chi connectivity index (χ0n) is 16.5. The van der Waals surface area contributed by atoms with E-state index in [1.54, 1.807) is 16.9 Å². The highest BCUT2D eigenvalue weighted by molar-refractivity contribution is 6.30. The maximum absolute atomic E-state index is 12.1. The van der Waals surface area contributed by atoms with Crippen molar-refractivity contribution in [2.45, 2.75) is 25.8 Å². The number of benzene rings is 2. The third kappa shape index (κ3) is 6.96. The van der Waals surface area contributed by atoms with Gasteiger partial charge >= 0.3 is 0 Å². The van der Waals surface area contributed by atoms with E-state index in [0.29, 0.717) is 23.1 Å². The second-order valence-corrected chi connectivity index (χ2v) is 7.37. The summed E-state index contributed by atoms with van der Waals surface area (Å²) in [5.74, 6) is 0.603. The minimum atomic E-state index is -0.0463. The van der Waals surface area contributed by atoms with Crippen molar-refractivity contribution in [1.29, 1.82) is 0 Å². The van der Waals surface area contributed by atoms with Gasteiger partial charge in [-0.2, -0.15) is 4.80 Å². The minimum absolute atomic E-state index is 0.0463. The highest BCUT2D eigenvalue weighted by Gasteiger charge is 2.08. The number of aromatic nitrogens is 4. The third-order valence-corrected chi connectivity index (χ3v) is 4.64. The van der Waals surface area contributed by atoms with Gasteiger partial charge < -0.3 is 5.32 Å². The number of tetrazole rings is 1. The van der Waals surface area contributed by atoms with E-state index in [1.807, 2.05) is 54.4 Å². The number of halogens is 1. The van der Waals surface area contributed by atoms with Crippen LogP contribution < -0.4 is 5.32 Å². The lowest BCUT2D eigenvalue weighted by molar-refractivity contribution is -0.117. The SMILES string of the molecule is CN(CCCCCn1nnc(-c2ccccc2)n1)CC(=O)Nc1cccc(Cl)c1. The van der Waals surface area contributed by atoms with Crippen LogP contribution in [0, 0.1) is 0 Å². The van der Waals surface area contributed by atoms with E-state index in [1.165, 1.54) is 0 Å². The van der Waals surface area contributed by atoms with Crippen molar-refractivity contribution in [2.75, 3.05) is 25.5 Å². The summed E-state index contributed by atoms with van der Waals surface area (Å²) < 4.78 is 0. The Morgan fingerprint density at radius 1 is 1.10 bits per heavy atom. The van der Waals surface area contributed by atoms with Gasteiger partial charge in [0.25, 0.3) is 0 Å². The van der Waals surface area contributed by atoms with Gasteiger partial charge in [-0.3, -0.25) is 9.69 Å². The Labute approximate surface area is 175 Å². The summed E-state index contributed by atoms with van der Waals surface area (Å²) >= 11 is 5.93. The summed E-state index contributed by atoms with van der Waals surface area (Å²) in [4.78, 5) is 15.8. The maximum Gasteiger partial charge on any atom is 0.238 e. The number of hydrogen-bond donors (Lipinski definition) is 1. The number of likely N-dealkylation sites (N-methyl/N-ethyl adjacent to an activating group) is 1. The van der Waals surface area contributed by atoms with Gasteiger partial charge in [0.15, 0.2) is 0 Å². The molecule has 7 nitrogen and oxygen atoms in total. The first-order valence-corrected chi connectivity index (χ1v) is 10.0. The number of anilines is 1.